The summed E-state index contributed by atoms with van der Waals surface area (Å²) in [5.74, 6) is 0. The van der Waals surface area contributed by atoms with Crippen LogP contribution in [0, 0.1) is 11.3 Å². The minimum atomic E-state index is 0.343. The number of nitrogens with zero attached hydrogens (tertiary/aromatic N) is 2. The molecule has 1 N–H and O–H groups in total. The van der Waals surface area contributed by atoms with Crippen LogP contribution in [-0.2, 0) is 0 Å². The molecule has 19 heavy (non-hydrogen) atoms. The van der Waals surface area contributed by atoms with Gasteiger partial charge in [0.1, 0.15) is 6.07 Å². The van der Waals surface area contributed by atoms with Crippen molar-refractivity contribution in [3.8, 4) is 6.07 Å². The van der Waals surface area contributed by atoms with Crippen molar-refractivity contribution in [2.24, 2.45) is 0 Å². The van der Waals surface area contributed by atoms with Crippen LogP contribution in [0.4, 0.5) is 5.69 Å². The van der Waals surface area contributed by atoms with E-state index in [0.717, 1.165) is 6.42 Å². The number of anilines is 1. The SMILES string of the molecule is CCCNc1c(C#N)cnc2c(Cl)cc(Cl)c(Cl)c12. The van der Waals surface area contributed by atoms with Crippen molar-refractivity contribution in [2.75, 3.05) is 11.9 Å². The molecule has 0 aliphatic rings. The molecule has 1 aromatic carbocycles. The van der Waals surface area contributed by atoms with Gasteiger partial charge in [0.15, 0.2) is 0 Å². The molecule has 0 aliphatic carbocycles. The van der Waals surface area contributed by atoms with Crippen molar-refractivity contribution in [3.05, 3.63) is 32.9 Å². The van der Waals surface area contributed by atoms with E-state index in [9.17, 15) is 0 Å². The summed E-state index contributed by atoms with van der Waals surface area (Å²) in [6, 6.07) is 3.64. The molecule has 0 spiro atoms. The van der Waals surface area contributed by atoms with E-state index in [1.165, 1.54) is 6.20 Å². The molecule has 0 unspecified atom stereocenters. The number of rotatable bonds is 3. The van der Waals surface area contributed by atoms with Crippen molar-refractivity contribution in [1.29, 1.82) is 5.26 Å². The third-order valence-electron chi connectivity index (χ3n) is 2.66. The average molecular weight is 315 g/mol. The van der Waals surface area contributed by atoms with Crippen LogP contribution in [0.25, 0.3) is 10.9 Å². The van der Waals surface area contributed by atoms with Gasteiger partial charge in [0.2, 0.25) is 0 Å². The molecular weight excluding hydrogens is 305 g/mol. The lowest BCUT2D eigenvalue weighted by Gasteiger charge is -2.13. The van der Waals surface area contributed by atoms with Gasteiger partial charge in [0.25, 0.3) is 0 Å². The first-order chi connectivity index (χ1) is 9.10. The van der Waals surface area contributed by atoms with Crippen LogP contribution in [0.5, 0.6) is 0 Å². The molecule has 0 bridgehead atoms. The molecule has 6 heteroatoms. The van der Waals surface area contributed by atoms with E-state index in [1.807, 2.05) is 6.92 Å². The van der Waals surface area contributed by atoms with Crippen molar-refractivity contribution >= 4 is 51.4 Å². The third kappa shape index (κ3) is 2.57. The summed E-state index contributed by atoms with van der Waals surface area (Å²) in [5, 5.41) is 14.0. The van der Waals surface area contributed by atoms with Crippen molar-refractivity contribution < 1.29 is 0 Å². The Hall–Kier alpha value is -1.21. The fourth-order valence-electron chi connectivity index (χ4n) is 1.79. The highest BCUT2D eigenvalue weighted by atomic mass is 35.5. The predicted octanol–water partition coefficient (Wildman–Crippen LogP) is 4.89. The van der Waals surface area contributed by atoms with Gasteiger partial charge in [-0.15, -0.1) is 0 Å². The summed E-state index contributed by atoms with van der Waals surface area (Å²) in [6.07, 6.45) is 2.40. The number of fused-ring (bicyclic) bond motifs is 1. The highest BCUT2D eigenvalue weighted by Crippen LogP contribution is 2.39. The maximum Gasteiger partial charge on any atom is 0.103 e. The summed E-state index contributed by atoms with van der Waals surface area (Å²) in [6.45, 7) is 2.75. The quantitative estimate of drug-likeness (QED) is 0.821. The largest absolute Gasteiger partial charge is 0.383 e. The van der Waals surface area contributed by atoms with E-state index >= 15 is 0 Å². The van der Waals surface area contributed by atoms with Crippen LogP contribution in [0.1, 0.15) is 18.9 Å². The number of benzene rings is 1. The highest BCUT2D eigenvalue weighted by molar-refractivity contribution is 6.48. The molecular formula is C13H10Cl3N3. The lowest BCUT2D eigenvalue weighted by atomic mass is 10.1. The van der Waals surface area contributed by atoms with E-state index in [4.69, 9.17) is 40.1 Å². The molecule has 1 aromatic heterocycles. The van der Waals surface area contributed by atoms with E-state index in [1.54, 1.807) is 6.07 Å². The fraction of sp³-hybridized carbons (Fsp3) is 0.231. The maximum atomic E-state index is 9.17. The van der Waals surface area contributed by atoms with Gasteiger partial charge in [-0.3, -0.25) is 4.98 Å². The fourth-order valence-corrected chi connectivity index (χ4v) is 2.54. The molecule has 2 aromatic rings. The highest BCUT2D eigenvalue weighted by Gasteiger charge is 2.16. The molecule has 0 aliphatic heterocycles. The van der Waals surface area contributed by atoms with E-state index < -0.39 is 0 Å². The maximum absolute atomic E-state index is 9.17. The Morgan fingerprint density at radius 2 is 2.05 bits per heavy atom. The second-order valence-electron chi connectivity index (χ2n) is 3.96. The van der Waals surface area contributed by atoms with Crippen LogP contribution < -0.4 is 5.32 Å². The van der Waals surface area contributed by atoms with Gasteiger partial charge in [0, 0.05) is 18.1 Å². The van der Waals surface area contributed by atoms with E-state index in [2.05, 4.69) is 16.4 Å². The minimum Gasteiger partial charge on any atom is -0.383 e. The lowest BCUT2D eigenvalue weighted by Crippen LogP contribution is -2.04. The zero-order chi connectivity index (χ0) is 14.0. The Morgan fingerprint density at radius 3 is 2.68 bits per heavy atom. The zero-order valence-corrected chi connectivity index (χ0v) is 12.4. The number of nitriles is 1. The van der Waals surface area contributed by atoms with Crippen LogP contribution in [0.15, 0.2) is 12.3 Å². The number of halogens is 3. The Morgan fingerprint density at radius 1 is 1.32 bits per heavy atom. The molecule has 0 saturated carbocycles. The monoisotopic (exact) mass is 313 g/mol. The predicted molar refractivity (Wildman–Crippen MR) is 80.3 cm³/mol. The summed E-state index contributed by atoms with van der Waals surface area (Å²) in [7, 11) is 0. The summed E-state index contributed by atoms with van der Waals surface area (Å²) in [5.41, 5.74) is 1.58. The normalized spacial score (nSPS) is 10.5. The van der Waals surface area contributed by atoms with E-state index in [0.29, 0.717) is 43.8 Å². The summed E-state index contributed by atoms with van der Waals surface area (Å²) in [4.78, 5) is 4.18. The van der Waals surface area contributed by atoms with Gasteiger partial charge in [-0.05, 0) is 12.5 Å². The van der Waals surface area contributed by atoms with Gasteiger partial charge in [-0.2, -0.15) is 5.26 Å². The molecule has 0 radical (unpaired) electrons. The molecule has 3 nitrogen and oxygen atoms in total. The molecule has 0 fully saturated rings. The van der Waals surface area contributed by atoms with Gasteiger partial charge in [0.05, 0.1) is 31.8 Å². The zero-order valence-electron chi connectivity index (χ0n) is 10.1. The molecule has 0 amide bonds. The Labute approximate surface area is 126 Å². The first-order valence-electron chi connectivity index (χ1n) is 5.70. The van der Waals surface area contributed by atoms with Crippen molar-refractivity contribution in [3.63, 3.8) is 0 Å². The molecule has 98 valence electrons. The standard InChI is InChI=1S/C13H10Cl3N3/c1-2-3-18-12-7(5-17)6-19-13-9(15)4-8(14)11(16)10(12)13/h4,6H,2-3H2,1H3,(H,18,19). The molecule has 0 saturated heterocycles. The lowest BCUT2D eigenvalue weighted by molar-refractivity contribution is 0.980. The Kier molecular flexibility index (Phi) is 4.36. The first-order valence-corrected chi connectivity index (χ1v) is 6.83. The third-order valence-corrected chi connectivity index (χ3v) is 3.74. The Balaban J connectivity index is 2.83. The summed E-state index contributed by atoms with van der Waals surface area (Å²) < 4.78 is 0. The van der Waals surface area contributed by atoms with Crippen LogP contribution in [0.3, 0.4) is 0 Å². The number of aromatic nitrogens is 1. The topological polar surface area (TPSA) is 48.7 Å². The van der Waals surface area contributed by atoms with Crippen LogP contribution in [-0.4, -0.2) is 11.5 Å². The van der Waals surface area contributed by atoms with Gasteiger partial charge < -0.3 is 5.32 Å². The second-order valence-corrected chi connectivity index (χ2v) is 5.16. The van der Waals surface area contributed by atoms with Gasteiger partial charge >= 0.3 is 0 Å². The minimum absolute atomic E-state index is 0.343. The smallest absolute Gasteiger partial charge is 0.103 e. The molecule has 1 heterocycles. The number of nitrogens with one attached hydrogen (secondary N) is 1. The van der Waals surface area contributed by atoms with Crippen molar-refractivity contribution in [2.45, 2.75) is 13.3 Å². The van der Waals surface area contributed by atoms with E-state index in [-0.39, 0.29) is 0 Å². The number of pyridine rings is 1. The van der Waals surface area contributed by atoms with Crippen molar-refractivity contribution in [1.82, 2.24) is 4.98 Å². The van der Waals surface area contributed by atoms with Gasteiger partial charge in [-0.1, -0.05) is 41.7 Å². The van der Waals surface area contributed by atoms with Gasteiger partial charge in [-0.25, -0.2) is 0 Å². The first kappa shape index (κ1) is 14.2. The van der Waals surface area contributed by atoms with Crippen LogP contribution >= 0.6 is 34.8 Å². The molecule has 2 rings (SSSR count). The number of hydrogen-bond acceptors (Lipinski definition) is 3. The second kappa shape index (κ2) is 5.83. The summed E-state index contributed by atoms with van der Waals surface area (Å²) >= 11 is 18.4. The van der Waals surface area contributed by atoms with Crippen LogP contribution in [0.2, 0.25) is 15.1 Å². The Bertz CT molecular complexity index is 677. The average Bonchev–Trinajstić information content (AvgIpc) is 2.41. The molecule has 0 atom stereocenters. The number of hydrogen-bond donors (Lipinski definition) is 1.